The summed E-state index contributed by atoms with van der Waals surface area (Å²) >= 11 is 0. The minimum atomic E-state index is -3.09. The van der Waals surface area contributed by atoms with Crippen molar-refractivity contribution < 1.29 is 23.8 Å². The van der Waals surface area contributed by atoms with Crippen molar-refractivity contribution in [2.45, 2.75) is 38.7 Å². The molecule has 0 saturated carbocycles. The van der Waals surface area contributed by atoms with Gasteiger partial charge in [0, 0.05) is 0 Å². The summed E-state index contributed by atoms with van der Waals surface area (Å²) in [5.74, 6) is 0. The van der Waals surface area contributed by atoms with E-state index in [9.17, 15) is 10.00 Å². The Morgan fingerprint density at radius 2 is 2.12 bits per heavy atom. The Labute approximate surface area is 142 Å². The molecule has 3 atom stereocenters. The molecular formula is C15H24BN2O5P. The Bertz CT molecular complexity index is 738. The van der Waals surface area contributed by atoms with Gasteiger partial charge in [-0.25, -0.2) is 0 Å². The first-order chi connectivity index (χ1) is 11.3. The van der Waals surface area contributed by atoms with Gasteiger partial charge in [-0.3, -0.25) is 0 Å². The van der Waals surface area contributed by atoms with Gasteiger partial charge in [0.05, 0.1) is 0 Å². The number of ether oxygens (including phenoxy) is 1. The van der Waals surface area contributed by atoms with Gasteiger partial charge in [0.15, 0.2) is 0 Å². The number of aliphatic hydroxyl groups excluding tert-OH is 1. The molecule has 1 aliphatic rings. The summed E-state index contributed by atoms with van der Waals surface area (Å²) in [4.78, 5) is 14.3. The number of benzene rings is 1. The molecule has 0 aliphatic carbocycles. The van der Waals surface area contributed by atoms with Gasteiger partial charge in [-0.2, -0.15) is 0 Å². The van der Waals surface area contributed by atoms with E-state index < -0.39 is 20.2 Å². The van der Waals surface area contributed by atoms with Crippen molar-refractivity contribution in [3.05, 3.63) is 29.6 Å². The Hall–Kier alpha value is -1.02. The van der Waals surface area contributed by atoms with Crippen LogP contribution in [0.3, 0.4) is 0 Å². The van der Waals surface area contributed by atoms with E-state index >= 15 is 0 Å². The van der Waals surface area contributed by atoms with E-state index in [0.29, 0.717) is 6.42 Å². The first kappa shape index (κ1) is 17.8. The van der Waals surface area contributed by atoms with Crippen LogP contribution in [-0.4, -0.2) is 53.0 Å². The zero-order chi connectivity index (χ0) is 17.5. The van der Waals surface area contributed by atoms with E-state index in [0.717, 1.165) is 11.0 Å². The third-order valence-corrected chi connectivity index (χ3v) is 6.01. The third-order valence-electron chi connectivity index (χ3n) is 4.55. The second kappa shape index (κ2) is 6.71. The molecule has 0 spiro atoms. The van der Waals surface area contributed by atoms with Crippen molar-refractivity contribution in [3.63, 3.8) is 0 Å². The molecule has 132 valence electrons. The molecule has 0 amide bonds. The molecule has 2 aromatic rings. The SMILES string of the molecule is B[PH](O)(OC)OC[C@@H]1C[C@H](O)[C@H](n2cnc3cc(C)c(C)cc32)O1. The predicted octanol–water partition coefficient (Wildman–Crippen LogP) is 1.000. The Morgan fingerprint density at radius 1 is 1.42 bits per heavy atom. The number of rotatable bonds is 5. The summed E-state index contributed by atoms with van der Waals surface area (Å²) in [5.41, 5.74) is 4.16. The van der Waals surface area contributed by atoms with Crippen molar-refractivity contribution in [2.75, 3.05) is 13.7 Å². The number of hydrogen-bond donors (Lipinski definition) is 2. The topological polar surface area (TPSA) is 86.0 Å². The first-order valence-corrected chi connectivity index (χ1v) is 10.3. The molecule has 1 aromatic carbocycles. The number of aromatic nitrogens is 2. The standard InChI is InChI=1S/C15H24BN2O5P/c1-9-4-12-13(5-10(9)2)18(8-17-12)15-14(19)6-11(23-15)7-22-24(16,20)21-3/h4-5,8,11,14-15,19-20,24H,6-7,16H2,1-3H3/t11-,14-,15+/m0/s1. The molecule has 2 heterocycles. The van der Waals surface area contributed by atoms with E-state index in [4.69, 9.17) is 13.8 Å². The average Bonchev–Trinajstić information content (AvgIpc) is 3.09. The fourth-order valence-corrected chi connectivity index (χ4v) is 3.49. The Morgan fingerprint density at radius 3 is 2.83 bits per heavy atom. The van der Waals surface area contributed by atoms with Gasteiger partial charge in [-0.1, -0.05) is 0 Å². The average molecular weight is 354 g/mol. The van der Waals surface area contributed by atoms with E-state index in [2.05, 4.69) is 11.1 Å². The van der Waals surface area contributed by atoms with Crippen molar-refractivity contribution in [1.29, 1.82) is 0 Å². The summed E-state index contributed by atoms with van der Waals surface area (Å²) in [6, 6.07) is 4.09. The van der Waals surface area contributed by atoms with Crippen LogP contribution >= 0.6 is 7.82 Å². The minimum absolute atomic E-state index is 0.186. The van der Waals surface area contributed by atoms with Crippen LogP contribution in [0.2, 0.25) is 0 Å². The Kier molecular flexibility index (Phi) is 4.98. The van der Waals surface area contributed by atoms with E-state index in [1.165, 1.54) is 18.2 Å². The van der Waals surface area contributed by atoms with Gasteiger partial charge >= 0.3 is 142 Å². The molecule has 24 heavy (non-hydrogen) atoms. The molecule has 3 rings (SSSR count). The second-order valence-electron chi connectivity index (χ2n) is 6.44. The zero-order valence-electron chi connectivity index (χ0n) is 14.4. The second-order valence-corrected chi connectivity index (χ2v) is 8.93. The van der Waals surface area contributed by atoms with Crippen LogP contribution in [0.15, 0.2) is 18.5 Å². The number of fused-ring (bicyclic) bond motifs is 1. The zero-order valence-corrected chi connectivity index (χ0v) is 15.4. The quantitative estimate of drug-likeness (QED) is 0.616. The van der Waals surface area contributed by atoms with Crippen LogP contribution in [0, 0.1) is 13.8 Å². The number of nitrogens with zero attached hydrogens (tertiary/aromatic N) is 2. The van der Waals surface area contributed by atoms with Gasteiger partial charge in [0.25, 0.3) is 0 Å². The van der Waals surface area contributed by atoms with Crippen molar-refractivity contribution >= 4 is 26.4 Å². The number of hydrogen-bond acceptors (Lipinski definition) is 6. The fourth-order valence-electron chi connectivity index (χ4n) is 2.88. The van der Waals surface area contributed by atoms with E-state index in [1.807, 2.05) is 24.5 Å². The number of imidazole rings is 1. The van der Waals surface area contributed by atoms with Crippen LogP contribution in [-0.2, 0) is 13.8 Å². The molecule has 7 nitrogen and oxygen atoms in total. The summed E-state index contributed by atoms with van der Waals surface area (Å²) < 4.78 is 18.2. The molecule has 1 saturated heterocycles. The van der Waals surface area contributed by atoms with Crippen LogP contribution in [0.1, 0.15) is 23.8 Å². The van der Waals surface area contributed by atoms with Crippen LogP contribution in [0.4, 0.5) is 0 Å². The first-order valence-electron chi connectivity index (χ1n) is 7.99. The van der Waals surface area contributed by atoms with Gasteiger partial charge in [-0.15, -0.1) is 0 Å². The Balaban J connectivity index is 1.77. The third kappa shape index (κ3) is 3.49. The van der Waals surface area contributed by atoms with Gasteiger partial charge in [0.1, 0.15) is 0 Å². The molecule has 1 aliphatic heterocycles. The van der Waals surface area contributed by atoms with Crippen molar-refractivity contribution in [1.82, 2.24) is 9.55 Å². The van der Waals surface area contributed by atoms with Crippen LogP contribution < -0.4 is 0 Å². The monoisotopic (exact) mass is 354 g/mol. The number of aliphatic hydroxyl groups is 1. The van der Waals surface area contributed by atoms with Crippen LogP contribution in [0.25, 0.3) is 11.0 Å². The van der Waals surface area contributed by atoms with E-state index in [1.54, 1.807) is 13.9 Å². The summed E-state index contributed by atoms with van der Waals surface area (Å²) in [7, 11) is -0.129. The summed E-state index contributed by atoms with van der Waals surface area (Å²) in [5, 5.41) is 10.4. The normalized spacial score (nSPS) is 25.5. The van der Waals surface area contributed by atoms with Gasteiger partial charge < -0.3 is 0 Å². The molecule has 2 N–H and O–H groups in total. The van der Waals surface area contributed by atoms with Crippen molar-refractivity contribution in [3.8, 4) is 0 Å². The number of aryl methyl sites for hydroxylation is 2. The van der Waals surface area contributed by atoms with Gasteiger partial charge in [0.2, 0.25) is 0 Å². The molecular weight excluding hydrogens is 330 g/mol. The van der Waals surface area contributed by atoms with Crippen molar-refractivity contribution in [2.24, 2.45) is 0 Å². The van der Waals surface area contributed by atoms with Crippen LogP contribution in [0.5, 0.6) is 0 Å². The molecule has 0 unspecified atom stereocenters. The molecule has 9 heteroatoms. The fraction of sp³-hybridized carbons (Fsp3) is 0.533. The van der Waals surface area contributed by atoms with Gasteiger partial charge in [-0.05, 0) is 0 Å². The molecule has 0 bridgehead atoms. The molecule has 0 radical (unpaired) electrons. The molecule has 1 aromatic heterocycles. The summed E-state index contributed by atoms with van der Waals surface area (Å²) in [6.45, 7) is 4.28. The predicted molar refractivity (Wildman–Crippen MR) is 95.8 cm³/mol. The summed E-state index contributed by atoms with van der Waals surface area (Å²) in [6.07, 6.45) is 0.652. The molecule has 1 fully saturated rings. The van der Waals surface area contributed by atoms with E-state index in [-0.39, 0.29) is 12.7 Å². The maximum absolute atomic E-state index is 10.4. The maximum atomic E-state index is 10.4.